The molecule has 0 spiro atoms. The van der Waals surface area contributed by atoms with E-state index in [9.17, 15) is 4.79 Å². The van der Waals surface area contributed by atoms with E-state index in [1.165, 1.54) is 74.6 Å². The molecule has 2 saturated carbocycles. The number of esters is 1. The zero-order valence-electron chi connectivity index (χ0n) is 29.8. The summed E-state index contributed by atoms with van der Waals surface area (Å²) >= 11 is 8.03. The van der Waals surface area contributed by atoms with Crippen LogP contribution in [0, 0.1) is 6.92 Å². The normalized spacial score (nSPS) is 18.5. The number of carbonyl (C=O) groups is 1. The first-order valence-corrected chi connectivity index (χ1v) is 19.6. The number of thiazole rings is 1. The number of rotatable bonds is 9. The van der Waals surface area contributed by atoms with Crippen molar-refractivity contribution in [3.05, 3.63) is 70.4 Å². The molecule has 8 rings (SSSR count). The van der Waals surface area contributed by atoms with Crippen molar-refractivity contribution in [2.75, 3.05) is 19.7 Å². The van der Waals surface area contributed by atoms with Gasteiger partial charge in [-0.25, -0.2) is 9.78 Å². The topological polar surface area (TPSA) is 69.5 Å². The summed E-state index contributed by atoms with van der Waals surface area (Å²) in [6.45, 7) is 12.4. The molecule has 3 fully saturated rings. The fourth-order valence-corrected chi connectivity index (χ4v) is 9.11. The monoisotopic (exact) mass is 710 g/mol. The van der Waals surface area contributed by atoms with Gasteiger partial charge >= 0.3 is 5.97 Å². The van der Waals surface area contributed by atoms with Crippen LogP contribution in [-0.2, 0) is 14.3 Å². The third kappa shape index (κ3) is 6.49. The van der Waals surface area contributed by atoms with Gasteiger partial charge in [-0.2, -0.15) is 5.10 Å². The van der Waals surface area contributed by atoms with Crippen molar-refractivity contribution >= 4 is 50.0 Å². The molecule has 3 aromatic carbocycles. The highest BCUT2D eigenvalue weighted by Crippen LogP contribution is 2.46. The minimum absolute atomic E-state index is 0.270. The maximum atomic E-state index is 13.6. The first-order valence-electron chi connectivity index (χ1n) is 18.4. The van der Waals surface area contributed by atoms with E-state index >= 15 is 0 Å². The number of likely N-dealkylation sites (tertiary alicyclic amines) is 1. The lowest BCUT2D eigenvalue weighted by Gasteiger charge is -2.41. The maximum Gasteiger partial charge on any atom is 0.339 e. The zero-order chi connectivity index (χ0) is 34.7. The van der Waals surface area contributed by atoms with Crippen molar-refractivity contribution in [3.63, 3.8) is 0 Å². The van der Waals surface area contributed by atoms with E-state index < -0.39 is 17.7 Å². The summed E-state index contributed by atoms with van der Waals surface area (Å²) in [6, 6.07) is 18.0. The third-order valence-corrected chi connectivity index (χ3v) is 12.1. The maximum absolute atomic E-state index is 13.6. The largest absolute Gasteiger partial charge is 0.464 e. The molecule has 1 aliphatic heterocycles. The van der Waals surface area contributed by atoms with Crippen LogP contribution in [0.25, 0.3) is 42.8 Å². The van der Waals surface area contributed by atoms with Gasteiger partial charge in [-0.05, 0) is 134 Å². The van der Waals surface area contributed by atoms with Crippen LogP contribution in [0.5, 0.6) is 0 Å². The standard InChI is InChI=1S/C41H47ClN4O3S/c1-6-48-40(47)37(49-41(3,4)5)34-24(2)22-32-38(35(34)25-10-13-28(42)14-11-25)50-39(43-32)27-12-17-33-31(23-27)36(44-46(33)30-15-16-30)26-18-20-45(21-19-26)29-8-7-9-29/h10-14,17,22-23,26,29-30,37H,6-9,15-16,18-21H2,1-5H3/t37-/m0/s1. The van der Waals surface area contributed by atoms with Crippen molar-refractivity contribution in [2.24, 2.45) is 0 Å². The number of hydrogen-bond acceptors (Lipinski definition) is 7. The van der Waals surface area contributed by atoms with Gasteiger partial charge in [0.15, 0.2) is 6.10 Å². The molecule has 50 heavy (non-hydrogen) atoms. The van der Waals surface area contributed by atoms with Gasteiger partial charge < -0.3 is 14.4 Å². The lowest BCUT2D eigenvalue weighted by atomic mass is 9.86. The predicted octanol–water partition coefficient (Wildman–Crippen LogP) is 10.4. The quantitative estimate of drug-likeness (QED) is 0.142. The fourth-order valence-electron chi connectivity index (χ4n) is 7.86. The summed E-state index contributed by atoms with van der Waals surface area (Å²) in [5.74, 6) is 0.0813. The molecule has 3 heterocycles. The Bertz CT molecular complexity index is 2050. The van der Waals surface area contributed by atoms with Crippen LogP contribution in [0.3, 0.4) is 0 Å². The highest BCUT2D eigenvalue weighted by atomic mass is 35.5. The Hall–Kier alpha value is -3.30. The first kappa shape index (κ1) is 33.8. The molecule has 2 aliphatic carbocycles. The van der Waals surface area contributed by atoms with Gasteiger partial charge in [-0.15, -0.1) is 11.3 Å². The van der Waals surface area contributed by atoms with Crippen molar-refractivity contribution < 1.29 is 14.3 Å². The second kappa shape index (κ2) is 13.4. The number of aromatic nitrogens is 3. The number of ether oxygens (including phenoxy) is 2. The summed E-state index contributed by atoms with van der Waals surface area (Å²) in [4.78, 5) is 21.6. The van der Waals surface area contributed by atoms with Gasteiger partial charge in [-0.3, -0.25) is 4.68 Å². The van der Waals surface area contributed by atoms with E-state index in [1.807, 2.05) is 58.9 Å². The lowest BCUT2D eigenvalue weighted by Crippen LogP contribution is -2.44. The number of nitrogens with zero attached hydrogens (tertiary/aromatic N) is 4. The predicted molar refractivity (Wildman–Crippen MR) is 203 cm³/mol. The minimum Gasteiger partial charge on any atom is -0.464 e. The van der Waals surface area contributed by atoms with Crippen LogP contribution < -0.4 is 0 Å². The zero-order valence-corrected chi connectivity index (χ0v) is 31.4. The molecule has 0 radical (unpaired) electrons. The van der Waals surface area contributed by atoms with Crippen LogP contribution in [0.4, 0.5) is 0 Å². The van der Waals surface area contributed by atoms with Gasteiger partial charge in [-0.1, -0.05) is 30.2 Å². The van der Waals surface area contributed by atoms with E-state index in [4.69, 9.17) is 31.2 Å². The van der Waals surface area contributed by atoms with Crippen molar-refractivity contribution in [1.29, 1.82) is 0 Å². The molecule has 9 heteroatoms. The molecule has 0 bridgehead atoms. The second-order valence-electron chi connectivity index (χ2n) is 15.4. The molecule has 5 aromatic rings. The molecule has 262 valence electrons. The molecule has 1 saturated heterocycles. The Morgan fingerprint density at radius 3 is 2.34 bits per heavy atom. The van der Waals surface area contributed by atoms with Gasteiger partial charge in [0.05, 0.1) is 39.7 Å². The number of hydrogen-bond donors (Lipinski definition) is 0. The fraction of sp³-hybridized carbons (Fsp3) is 0.488. The molecular weight excluding hydrogens is 664 g/mol. The van der Waals surface area contributed by atoms with Crippen molar-refractivity contribution in [1.82, 2.24) is 19.7 Å². The van der Waals surface area contributed by atoms with Gasteiger partial charge in [0.2, 0.25) is 0 Å². The Morgan fingerprint density at radius 1 is 0.980 bits per heavy atom. The summed E-state index contributed by atoms with van der Waals surface area (Å²) < 4.78 is 15.4. The molecular formula is C41H47ClN4O3S. The Labute approximate surface area is 303 Å². The molecule has 7 nitrogen and oxygen atoms in total. The summed E-state index contributed by atoms with van der Waals surface area (Å²) in [5.41, 5.74) is 7.54. The van der Waals surface area contributed by atoms with Gasteiger partial charge in [0, 0.05) is 39.1 Å². The number of halogens is 1. The van der Waals surface area contributed by atoms with Gasteiger partial charge in [0.1, 0.15) is 5.01 Å². The van der Waals surface area contributed by atoms with E-state index in [-0.39, 0.29) is 6.61 Å². The Morgan fingerprint density at radius 2 is 1.70 bits per heavy atom. The lowest BCUT2D eigenvalue weighted by molar-refractivity contribution is -0.166. The molecule has 0 N–H and O–H groups in total. The first-order chi connectivity index (χ1) is 24.1. The minimum atomic E-state index is -0.904. The average molecular weight is 711 g/mol. The highest BCUT2D eigenvalue weighted by Gasteiger charge is 2.35. The number of piperidine rings is 1. The highest BCUT2D eigenvalue weighted by molar-refractivity contribution is 7.22. The van der Waals surface area contributed by atoms with Crippen LogP contribution >= 0.6 is 22.9 Å². The Kier molecular flexibility index (Phi) is 9.03. The summed E-state index contributed by atoms with van der Waals surface area (Å²) in [7, 11) is 0. The van der Waals surface area contributed by atoms with Gasteiger partial charge in [0.25, 0.3) is 0 Å². The van der Waals surface area contributed by atoms with Crippen molar-refractivity contribution in [3.8, 4) is 21.7 Å². The average Bonchev–Trinajstić information content (AvgIpc) is 3.71. The smallest absolute Gasteiger partial charge is 0.339 e. The van der Waals surface area contributed by atoms with Crippen LogP contribution in [0.2, 0.25) is 5.02 Å². The number of carbonyl (C=O) groups excluding carboxylic acids is 1. The second-order valence-corrected chi connectivity index (χ2v) is 16.8. The van der Waals surface area contributed by atoms with Crippen molar-refractivity contribution in [2.45, 2.75) is 109 Å². The molecule has 0 amide bonds. The number of fused-ring (bicyclic) bond motifs is 2. The van der Waals surface area contributed by atoms with E-state index in [0.29, 0.717) is 17.0 Å². The Balaban J connectivity index is 1.24. The summed E-state index contributed by atoms with van der Waals surface area (Å²) in [5, 5.41) is 8.20. The van der Waals surface area contributed by atoms with Crippen LogP contribution in [-0.4, -0.2) is 57.0 Å². The molecule has 1 atom stereocenters. The molecule has 0 unspecified atom stereocenters. The molecule has 2 aromatic heterocycles. The van der Waals surface area contributed by atoms with E-state index in [2.05, 4.69) is 33.8 Å². The molecule has 3 aliphatic rings. The van der Waals surface area contributed by atoms with E-state index in [1.54, 1.807) is 11.3 Å². The third-order valence-electron chi connectivity index (χ3n) is 10.7. The van der Waals surface area contributed by atoms with Crippen LogP contribution in [0.1, 0.15) is 108 Å². The van der Waals surface area contributed by atoms with E-state index in [0.717, 1.165) is 49.1 Å². The SMILES string of the molecule is CCOC(=O)[C@@H](OC(C)(C)C)c1c(C)cc2nc(-c3ccc4c(c3)c(C3CCN(C5CCC5)CC3)nn4C3CC3)sc2c1-c1ccc(Cl)cc1. The number of aryl methyl sites for hydroxylation is 1. The summed E-state index contributed by atoms with van der Waals surface area (Å²) in [6.07, 6.45) is 7.96. The number of benzene rings is 3. The van der Waals surface area contributed by atoms with Crippen LogP contribution in [0.15, 0.2) is 48.5 Å².